The van der Waals surface area contributed by atoms with Gasteiger partial charge in [0.25, 0.3) is 0 Å². The molecule has 0 amide bonds. The monoisotopic (exact) mass is 603 g/mol. The maximum absolute atomic E-state index is 13.3. The highest BCUT2D eigenvalue weighted by atomic mass is 35.5. The van der Waals surface area contributed by atoms with Crippen LogP contribution in [-0.4, -0.2) is 72.3 Å². The molecule has 0 spiro atoms. The number of carboxylic acid groups (broad SMARTS) is 1. The summed E-state index contributed by atoms with van der Waals surface area (Å²) < 4.78 is 13.3. The van der Waals surface area contributed by atoms with E-state index in [-0.39, 0.29) is 31.3 Å². The number of pyridine rings is 1. The van der Waals surface area contributed by atoms with Crippen molar-refractivity contribution < 1.29 is 34.4 Å². The summed E-state index contributed by atoms with van der Waals surface area (Å²) in [5.41, 5.74) is 1.53. The van der Waals surface area contributed by atoms with E-state index in [1.807, 2.05) is 60.7 Å². The average molecular weight is 604 g/mol. The Morgan fingerprint density at radius 3 is 2.53 bits per heavy atom. The number of hydrogen-bond acceptors (Lipinski definition) is 8. The third kappa shape index (κ3) is 6.05. The van der Waals surface area contributed by atoms with Crippen LogP contribution >= 0.6 is 11.6 Å². The molecule has 2 heterocycles. The highest BCUT2D eigenvalue weighted by molar-refractivity contribution is 6.30. The number of ether oxygens (including phenoxy) is 2. The van der Waals surface area contributed by atoms with Gasteiger partial charge in [0.05, 0.1) is 23.9 Å². The molecule has 6 rings (SSSR count). The number of aliphatic carboxylic acids is 1. The lowest BCUT2D eigenvalue weighted by Gasteiger charge is -2.42. The molecule has 43 heavy (non-hydrogen) atoms. The van der Waals surface area contributed by atoms with Gasteiger partial charge in [0.2, 0.25) is 0 Å². The Labute approximate surface area is 252 Å². The predicted octanol–water partition coefficient (Wildman–Crippen LogP) is 4.05. The Bertz CT molecular complexity index is 1660. The molecule has 0 radical (unpaired) electrons. The second kappa shape index (κ2) is 11.9. The number of aromatic nitrogens is 3. The van der Waals surface area contributed by atoms with Crippen LogP contribution in [0.1, 0.15) is 36.3 Å². The molecule has 222 valence electrons. The van der Waals surface area contributed by atoms with Gasteiger partial charge in [-0.3, -0.25) is 4.57 Å². The van der Waals surface area contributed by atoms with Crippen molar-refractivity contribution in [1.82, 2.24) is 14.5 Å². The lowest BCUT2D eigenvalue weighted by atomic mass is 9.79. The normalized spacial score (nSPS) is 27.1. The number of aliphatic hydroxyl groups excluding tert-OH is 2. The van der Waals surface area contributed by atoms with Gasteiger partial charge in [-0.1, -0.05) is 54.1 Å². The second-order valence-corrected chi connectivity index (χ2v) is 11.5. The zero-order chi connectivity index (χ0) is 30.1. The van der Waals surface area contributed by atoms with Crippen LogP contribution in [0.15, 0.2) is 85.3 Å². The number of imidazole rings is 1. The molecule has 2 aromatic heterocycles. The molecule has 2 fully saturated rings. The van der Waals surface area contributed by atoms with Gasteiger partial charge >= 0.3 is 11.9 Å². The number of hydrogen-bond donors (Lipinski definition) is 3. The number of esters is 1. The fraction of sp³-hybridized carbons (Fsp3) is 0.312. The van der Waals surface area contributed by atoms with Crippen molar-refractivity contribution in [2.75, 3.05) is 6.61 Å². The minimum absolute atomic E-state index is 0.0956. The molecule has 11 heteroatoms. The topological polar surface area (TPSA) is 144 Å². The number of carbonyl (C=O) groups excluding carboxylic acids is 1. The van der Waals surface area contributed by atoms with E-state index in [1.165, 1.54) is 6.08 Å². The Balaban J connectivity index is 1.21. The van der Waals surface area contributed by atoms with Crippen LogP contribution in [-0.2, 0) is 19.1 Å². The first-order valence-electron chi connectivity index (χ1n) is 14.0. The average Bonchev–Trinajstić information content (AvgIpc) is 3.66. The molecule has 6 unspecified atom stereocenters. The third-order valence-electron chi connectivity index (χ3n) is 8.20. The van der Waals surface area contributed by atoms with Crippen LogP contribution in [0.3, 0.4) is 0 Å². The van der Waals surface area contributed by atoms with Crippen LogP contribution in [0.2, 0.25) is 5.02 Å². The van der Waals surface area contributed by atoms with E-state index in [2.05, 4.69) is 9.97 Å². The summed E-state index contributed by atoms with van der Waals surface area (Å²) in [4.78, 5) is 34.4. The van der Waals surface area contributed by atoms with Crippen molar-refractivity contribution >= 4 is 40.4 Å². The van der Waals surface area contributed by atoms with Gasteiger partial charge in [-0.05, 0) is 53.6 Å². The maximum Gasteiger partial charge on any atom is 0.336 e. The molecule has 2 aliphatic rings. The molecule has 0 saturated heterocycles. The molecule has 10 nitrogen and oxygen atoms in total. The standard InChI is InChI=1S/C32H30ClN3O7/c33-22-10-8-19(9-11-22)23-13-21(23)17-42-32(31(40)41)15-26(37)29(39)27(16-32)43-28(38)14-25(20-5-2-1-3-6-20)36-18-35-30-24(36)7-4-12-34-30/h1-12,14,18,21,23,26-27,29,37,39H,13,15-17H2,(H,40,41). The summed E-state index contributed by atoms with van der Waals surface area (Å²) >= 11 is 5.99. The van der Waals surface area contributed by atoms with Crippen LogP contribution in [0, 0.1) is 5.92 Å². The Morgan fingerprint density at radius 1 is 1.02 bits per heavy atom. The van der Waals surface area contributed by atoms with Crippen molar-refractivity contribution in [2.45, 2.75) is 49.1 Å². The molecule has 6 atom stereocenters. The first-order chi connectivity index (χ1) is 20.7. The van der Waals surface area contributed by atoms with Crippen LogP contribution < -0.4 is 0 Å². The lowest BCUT2D eigenvalue weighted by Crippen LogP contribution is -2.58. The molecular weight excluding hydrogens is 574 g/mol. The minimum Gasteiger partial charge on any atom is -0.479 e. The molecule has 2 aromatic carbocycles. The molecule has 4 aromatic rings. The highest BCUT2D eigenvalue weighted by Crippen LogP contribution is 2.49. The summed E-state index contributed by atoms with van der Waals surface area (Å²) in [5.74, 6) is -1.81. The number of benzene rings is 2. The number of nitrogens with zero attached hydrogens (tertiary/aromatic N) is 3. The molecule has 3 N–H and O–H groups in total. The van der Waals surface area contributed by atoms with Crippen molar-refractivity contribution in [3.8, 4) is 0 Å². The molecule has 0 aliphatic heterocycles. The van der Waals surface area contributed by atoms with E-state index < -0.39 is 35.9 Å². The maximum atomic E-state index is 13.3. The zero-order valence-corrected chi connectivity index (χ0v) is 23.7. The van der Waals surface area contributed by atoms with Gasteiger partial charge < -0.3 is 24.8 Å². The van der Waals surface area contributed by atoms with Crippen molar-refractivity contribution in [3.05, 3.63) is 101 Å². The largest absolute Gasteiger partial charge is 0.479 e. The second-order valence-electron chi connectivity index (χ2n) is 11.1. The fourth-order valence-electron chi connectivity index (χ4n) is 5.76. The Morgan fingerprint density at radius 2 is 1.79 bits per heavy atom. The van der Waals surface area contributed by atoms with Gasteiger partial charge in [0.1, 0.15) is 18.5 Å². The highest BCUT2D eigenvalue weighted by Gasteiger charge is 2.53. The number of carboxylic acids is 1. The Hall–Kier alpha value is -4.09. The number of aliphatic hydroxyl groups is 2. The first-order valence-corrected chi connectivity index (χ1v) is 14.4. The van der Waals surface area contributed by atoms with E-state index >= 15 is 0 Å². The van der Waals surface area contributed by atoms with E-state index in [9.17, 15) is 24.9 Å². The van der Waals surface area contributed by atoms with E-state index in [4.69, 9.17) is 21.1 Å². The predicted molar refractivity (Wildman–Crippen MR) is 157 cm³/mol. The molecule has 2 saturated carbocycles. The van der Waals surface area contributed by atoms with Gasteiger partial charge in [0.15, 0.2) is 11.2 Å². The van der Waals surface area contributed by atoms with Crippen LogP contribution in [0.4, 0.5) is 0 Å². The first kappa shape index (κ1) is 29.0. The number of halogens is 1. The third-order valence-corrected chi connectivity index (χ3v) is 8.45. The number of carbonyl (C=O) groups is 2. The summed E-state index contributed by atoms with van der Waals surface area (Å²) in [5, 5.41) is 32.3. The van der Waals surface area contributed by atoms with Gasteiger partial charge in [-0.15, -0.1) is 0 Å². The van der Waals surface area contributed by atoms with E-state index in [0.717, 1.165) is 12.0 Å². The van der Waals surface area contributed by atoms with Gasteiger partial charge in [-0.25, -0.2) is 19.6 Å². The summed E-state index contributed by atoms with van der Waals surface area (Å²) in [6, 6.07) is 20.2. The van der Waals surface area contributed by atoms with E-state index in [0.29, 0.717) is 27.4 Å². The lowest BCUT2D eigenvalue weighted by molar-refractivity contribution is -0.207. The van der Waals surface area contributed by atoms with Crippen LogP contribution in [0.5, 0.6) is 0 Å². The smallest absolute Gasteiger partial charge is 0.336 e. The fourth-order valence-corrected chi connectivity index (χ4v) is 5.88. The van der Waals surface area contributed by atoms with Gasteiger partial charge in [-0.2, -0.15) is 0 Å². The quantitative estimate of drug-likeness (QED) is 0.191. The molecular formula is C32H30ClN3O7. The molecule has 2 aliphatic carbocycles. The van der Waals surface area contributed by atoms with E-state index in [1.54, 1.807) is 23.2 Å². The summed E-state index contributed by atoms with van der Waals surface area (Å²) in [6.07, 6.45) is 0.285. The SMILES string of the molecule is O=C(C=C(c1ccccc1)n1cnc2ncccc21)OC1CC(OCC2CC2c2ccc(Cl)cc2)(C(=O)O)CC(O)C1O. The summed E-state index contributed by atoms with van der Waals surface area (Å²) in [6.45, 7) is 0.142. The molecule has 0 bridgehead atoms. The Kier molecular flexibility index (Phi) is 8.02. The van der Waals surface area contributed by atoms with Crippen molar-refractivity contribution in [2.24, 2.45) is 5.92 Å². The zero-order valence-electron chi connectivity index (χ0n) is 23.0. The van der Waals surface area contributed by atoms with Crippen molar-refractivity contribution in [1.29, 1.82) is 0 Å². The van der Waals surface area contributed by atoms with Crippen LogP contribution in [0.25, 0.3) is 16.9 Å². The van der Waals surface area contributed by atoms with Crippen molar-refractivity contribution in [3.63, 3.8) is 0 Å². The number of rotatable bonds is 9. The minimum atomic E-state index is -1.84. The number of fused-ring (bicyclic) bond motifs is 1. The van der Waals surface area contributed by atoms with Gasteiger partial charge in [0, 0.05) is 30.1 Å². The summed E-state index contributed by atoms with van der Waals surface area (Å²) in [7, 11) is 0.